The molecule has 1 heterocycles. The Morgan fingerprint density at radius 1 is 1.41 bits per heavy atom. The second-order valence-corrected chi connectivity index (χ2v) is 4.02. The molecule has 0 saturated carbocycles. The number of carbonyl (C=O) groups excluding carboxylic acids is 1. The van der Waals surface area contributed by atoms with Crippen LogP contribution in [-0.2, 0) is 22.5 Å². The van der Waals surface area contributed by atoms with Gasteiger partial charge in [-0.15, -0.1) is 13.2 Å². The number of nitrogens with two attached hydrogens (primary N) is 1. The third-order valence-electron chi connectivity index (χ3n) is 2.46. The largest absolute Gasteiger partial charge is 0.574 e. The predicted octanol–water partition coefficient (Wildman–Crippen LogP) is 2.48. The molecule has 0 atom stereocenters. The van der Waals surface area contributed by atoms with Crippen molar-refractivity contribution in [2.24, 2.45) is 5.73 Å². The van der Waals surface area contributed by atoms with Gasteiger partial charge in [-0.05, 0) is 13.0 Å². The molecule has 0 amide bonds. The molecule has 0 bridgehead atoms. The minimum atomic E-state index is -5.09. The van der Waals surface area contributed by atoms with E-state index in [0.717, 1.165) is 6.07 Å². The maximum absolute atomic E-state index is 12.9. The van der Waals surface area contributed by atoms with Crippen LogP contribution < -0.4 is 10.5 Å². The topological polar surface area (TPSA) is 74.4 Å². The Morgan fingerprint density at radius 3 is 2.50 bits per heavy atom. The van der Waals surface area contributed by atoms with E-state index in [9.17, 15) is 26.7 Å². The third-order valence-corrected chi connectivity index (χ3v) is 2.46. The number of ether oxygens (including phenoxy) is 2. The molecule has 1 aromatic heterocycles. The first-order valence-corrected chi connectivity index (χ1v) is 6.10. The molecule has 0 radical (unpaired) electrons. The normalized spacial score (nSPS) is 11.6. The van der Waals surface area contributed by atoms with Crippen molar-refractivity contribution in [3.8, 4) is 5.88 Å². The van der Waals surface area contributed by atoms with E-state index < -0.39 is 54.4 Å². The van der Waals surface area contributed by atoms with Gasteiger partial charge in [-0.3, -0.25) is 4.79 Å². The first-order chi connectivity index (χ1) is 10.2. The van der Waals surface area contributed by atoms with E-state index in [1.807, 2.05) is 0 Å². The lowest BCUT2D eigenvalue weighted by atomic mass is 10.1. The van der Waals surface area contributed by atoms with E-state index in [2.05, 4.69) is 14.5 Å². The van der Waals surface area contributed by atoms with E-state index in [1.54, 1.807) is 0 Å². The Balaban J connectivity index is 3.28. The van der Waals surface area contributed by atoms with Crippen molar-refractivity contribution in [3.63, 3.8) is 0 Å². The fourth-order valence-electron chi connectivity index (χ4n) is 1.64. The van der Waals surface area contributed by atoms with E-state index in [-0.39, 0.29) is 6.61 Å². The molecular weight excluding hydrogens is 315 g/mol. The van der Waals surface area contributed by atoms with Crippen LogP contribution in [-0.4, -0.2) is 23.9 Å². The van der Waals surface area contributed by atoms with Crippen LogP contribution in [0.4, 0.5) is 22.0 Å². The summed E-state index contributed by atoms with van der Waals surface area (Å²) >= 11 is 0. The van der Waals surface area contributed by atoms with Gasteiger partial charge in [0.1, 0.15) is 0 Å². The van der Waals surface area contributed by atoms with Crippen LogP contribution in [0.1, 0.15) is 30.2 Å². The van der Waals surface area contributed by atoms with E-state index >= 15 is 0 Å². The Hall–Kier alpha value is -1.97. The highest BCUT2D eigenvalue weighted by Crippen LogP contribution is 2.31. The molecule has 22 heavy (non-hydrogen) atoms. The number of hydrogen-bond donors (Lipinski definition) is 1. The molecule has 0 fully saturated rings. The highest BCUT2D eigenvalue weighted by atomic mass is 19.4. The summed E-state index contributed by atoms with van der Waals surface area (Å²) in [4.78, 5) is 14.7. The Labute approximate surface area is 122 Å². The van der Waals surface area contributed by atoms with Gasteiger partial charge in [-0.2, -0.15) is 0 Å². The van der Waals surface area contributed by atoms with Crippen LogP contribution in [0.3, 0.4) is 0 Å². The fourth-order valence-corrected chi connectivity index (χ4v) is 1.64. The number of carbonyl (C=O) groups is 1. The molecule has 0 aliphatic heterocycles. The predicted molar refractivity (Wildman–Crippen MR) is 64.1 cm³/mol. The Morgan fingerprint density at radius 2 is 2.05 bits per heavy atom. The standard InChI is InChI=1S/C12H13F5N2O3/c1-2-21-9(20)4-6-3-7(10(13)14)8(5-18)19-11(6)22-12(15,16)17/h3,10H,2,4-5,18H2,1H3. The second-order valence-electron chi connectivity index (χ2n) is 4.02. The van der Waals surface area contributed by atoms with Crippen molar-refractivity contribution < 1.29 is 36.2 Å². The van der Waals surface area contributed by atoms with Crippen LogP contribution >= 0.6 is 0 Å². The van der Waals surface area contributed by atoms with E-state index in [1.165, 1.54) is 6.92 Å². The van der Waals surface area contributed by atoms with Gasteiger partial charge in [-0.1, -0.05) is 0 Å². The maximum atomic E-state index is 12.9. The number of aromatic nitrogens is 1. The van der Waals surface area contributed by atoms with Gasteiger partial charge in [0.15, 0.2) is 0 Å². The first-order valence-electron chi connectivity index (χ1n) is 6.10. The van der Waals surface area contributed by atoms with Gasteiger partial charge < -0.3 is 15.2 Å². The zero-order chi connectivity index (χ0) is 16.9. The van der Waals surface area contributed by atoms with Crippen LogP contribution in [0, 0.1) is 0 Å². The van der Waals surface area contributed by atoms with Gasteiger partial charge in [0.25, 0.3) is 6.43 Å². The maximum Gasteiger partial charge on any atom is 0.574 e. The van der Waals surface area contributed by atoms with Gasteiger partial charge in [0.2, 0.25) is 5.88 Å². The van der Waals surface area contributed by atoms with Crippen molar-refractivity contribution in [1.29, 1.82) is 0 Å². The molecule has 1 rings (SSSR count). The highest BCUT2D eigenvalue weighted by Gasteiger charge is 2.34. The lowest BCUT2D eigenvalue weighted by molar-refractivity contribution is -0.276. The van der Waals surface area contributed by atoms with Crippen LogP contribution in [0.25, 0.3) is 0 Å². The Kier molecular flexibility index (Phi) is 6.03. The zero-order valence-electron chi connectivity index (χ0n) is 11.4. The van der Waals surface area contributed by atoms with Crippen molar-refractivity contribution in [2.45, 2.75) is 32.7 Å². The number of rotatable bonds is 6. The molecule has 0 spiro atoms. The molecule has 5 nitrogen and oxygen atoms in total. The number of pyridine rings is 1. The van der Waals surface area contributed by atoms with E-state index in [4.69, 9.17) is 5.73 Å². The average Bonchev–Trinajstić information content (AvgIpc) is 2.38. The average molecular weight is 328 g/mol. The number of halogens is 5. The van der Waals surface area contributed by atoms with Crippen LogP contribution in [0.5, 0.6) is 5.88 Å². The second kappa shape index (κ2) is 7.34. The summed E-state index contributed by atoms with van der Waals surface area (Å²) in [5, 5.41) is 0. The lowest BCUT2D eigenvalue weighted by Crippen LogP contribution is -2.21. The van der Waals surface area contributed by atoms with Crippen molar-refractivity contribution >= 4 is 5.97 Å². The summed E-state index contributed by atoms with van der Waals surface area (Å²) in [6.45, 7) is 0.975. The molecule has 0 aromatic carbocycles. The summed E-state index contributed by atoms with van der Waals surface area (Å²) < 4.78 is 71.0. The minimum Gasteiger partial charge on any atom is -0.466 e. The quantitative estimate of drug-likeness (QED) is 0.641. The summed E-state index contributed by atoms with van der Waals surface area (Å²) in [6, 6.07) is 0.720. The van der Waals surface area contributed by atoms with Crippen LogP contribution in [0.2, 0.25) is 0 Å². The minimum absolute atomic E-state index is 0.00961. The molecular formula is C12H13F5N2O3. The molecule has 0 aliphatic rings. The van der Waals surface area contributed by atoms with Gasteiger partial charge in [0.05, 0.1) is 18.7 Å². The number of nitrogens with zero attached hydrogens (tertiary/aromatic N) is 1. The summed E-state index contributed by atoms with van der Waals surface area (Å²) in [7, 11) is 0. The van der Waals surface area contributed by atoms with Crippen molar-refractivity contribution in [3.05, 3.63) is 22.9 Å². The summed E-state index contributed by atoms with van der Waals surface area (Å²) in [5.41, 5.74) is 3.64. The van der Waals surface area contributed by atoms with Crippen molar-refractivity contribution in [1.82, 2.24) is 4.98 Å². The van der Waals surface area contributed by atoms with E-state index in [0.29, 0.717) is 0 Å². The third kappa shape index (κ3) is 5.10. The fraction of sp³-hybridized carbons (Fsp3) is 0.500. The van der Waals surface area contributed by atoms with Gasteiger partial charge in [-0.25, -0.2) is 13.8 Å². The molecule has 124 valence electrons. The summed E-state index contributed by atoms with van der Waals surface area (Å²) in [5.74, 6) is -1.89. The number of esters is 1. The SMILES string of the molecule is CCOC(=O)Cc1cc(C(F)F)c(CN)nc1OC(F)(F)F. The highest BCUT2D eigenvalue weighted by molar-refractivity contribution is 5.73. The van der Waals surface area contributed by atoms with Gasteiger partial charge in [0, 0.05) is 17.7 Å². The molecule has 1 aromatic rings. The molecule has 0 aliphatic carbocycles. The summed E-state index contributed by atoms with van der Waals surface area (Å²) in [6.07, 6.45) is -8.78. The Bertz CT molecular complexity index is 534. The lowest BCUT2D eigenvalue weighted by Gasteiger charge is -2.15. The first kappa shape index (κ1) is 18.1. The van der Waals surface area contributed by atoms with Crippen LogP contribution in [0.15, 0.2) is 6.07 Å². The molecule has 2 N–H and O–H groups in total. The zero-order valence-corrected chi connectivity index (χ0v) is 11.4. The van der Waals surface area contributed by atoms with Crippen molar-refractivity contribution in [2.75, 3.05) is 6.61 Å². The monoisotopic (exact) mass is 328 g/mol. The number of alkyl halides is 5. The number of hydrogen-bond acceptors (Lipinski definition) is 5. The molecule has 0 saturated heterocycles. The molecule has 10 heteroatoms. The molecule has 0 unspecified atom stereocenters. The van der Waals surface area contributed by atoms with Gasteiger partial charge >= 0.3 is 12.3 Å². The smallest absolute Gasteiger partial charge is 0.466 e.